The molecule has 0 bridgehead atoms. The molecule has 88 valence electrons. The Balaban J connectivity index is 2.38. The van der Waals surface area contributed by atoms with Crippen molar-refractivity contribution in [2.75, 3.05) is 11.9 Å². The van der Waals surface area contributed by atoms with Crippen molar-refractivity contribution in [3.63, 3.8) is 0 Å². The number of nitrogens with zero attached hydrogens (tertiary/aromatic N) is 1. The van der Waals surface area contributed by atoms with Crippen molar-refractivity contribution in [1.82, 2.24) is 4.98 Å². The number of hydrogen-bond acceptors (Lipinski definition) is 2. The molecule has 2 nitrogen and oxygen atoms in total. The summed E-state index contributed by atoms with van der Waals surface area (Å²) in [5.74, 6) is 0. The second kappa shape index (κ2) is 5.39. The van der Waals surface area contributed by atoms with E-state index in [1.165, 1.54) is 0 Å². The first-order chi connectivity index (χ1) is 8.22. The van der Waals surface area contributed by atoms with Crippen molar-refractivity contribution >= 4 is 39.8 Å². The Labute approximate surface area is 110 Å². The van der Waals surface area contributed by atoms with Gasteiger partial charge in [0.1, 0.15) is 0 Å². The van der Waals surface area contributed by atoms with Gasteiger partial charge in [0.25, 0.3) is 0 Å². The number of aromatic nitrogens is 1. The molecule has 0 aliphatic rings. The molecule has 1 aromatic heterocycles. The van der Waals surface area contributed by atoms with Gasteiger partial charge in [0.2, 0.25) is 0 Å². The monoisotopic (exact) mass is 266 g/mol. The van der Waals surface area contributed by atoms with Gasteiger partial charge in [-0.25, -0.2) is 0 Å². The van der Waals surface area contributed by atoms with E-state index in [0.717, 1.165) is 22.2 Å². The lowest BCUT2D eigenvalue weighted by Gasteiger charge is -2.09. The van der Waals surface area contributed by atoms with Gasteiger partial charge in [-0.1, -0.05) is 23.2 Å². The molecular formula is C13H12Cl2N2. The van der Waals surface area contributed by atoms with E-state index in [0.29, 0.717) is 11.6 Å². The van der Waals surface area contributed by atoms with Crippen molar-refractivity contribution in [3.8, 4) is 0 Å². The van der Waals surface area contributed by atoms with Gasteiger partial charge in [-0.2, -0.15) is 0 Å². The van der Waals surface area contributed by atoms with E-state index >= 15 is 0 Å². The summed E-state index contributed by atoms with van der Waals surface area (Å²) < 4.78 is 0. The Hall–Kier alpha value is -1.25. The first kappa shape index (κ1) is 12.2. The number of halogens is 2. The Morgan fingerprint density at radius 1 is 1.41 bits per heavy atom. The molecule has 2 rings (SSSR count). The molecule has 1 N–H and O–H groups in total. The molecule has 1 aromatic carbocycles. The van der Waals surface area contributed by atoms with Gasteiger partial charge >= 0.3 is 0 Å². The minimum atomic E-state index is 0.691. The summed E-state index contributed by atoms with van der Waals surface area (Å²) in [7, 11) is 0. The SMILES string of the molecule is C/C(=C/Cl)CNc1ccc(Cl)c2cccnc12. The van der Waals surface area contributed by atoms with Crippen molar-refractivity contribution in [3.05, 3.63) is 46.6 Å². The number of pyridine rings is 1. The van der Waals surface area contributed by atoms with E-state index in [1.807, 2.05) is 31.2 Å². The first-order valence-electron chi connectivity index (χ1n) is 5.25. The van der Waals surface area contributed by atoms with Crippen LogP contribution in [0.5, 0.6) is 0 Å². The Morgan fingerprint density at radius 2 is 2.24 bits per heavy atom. The Morgan fingerprint density at radius 3 is 3.00 bits per heavy atom. The fourth-order valence-electron chi connectivity index (χ4n) is 1.55. The second-order valence-corrected chi connectivity index (χ2v) is 4.43. The highest BCUT2D eigenvalue weighted by Gasteiger charge is 2.04. The maximum Gasteiger partial charge on any atom is 0.0948 e. The number of anilines is 1. The topological polar surface area (TPSA) is 24.9 Å². The molecule has 0 aliphatic heterocycles. The predicted molar refractivity (Wildman–Crippen MR) is 74.9 cm³/mol. The van der Waals surface area contributed by atoms with Crippen LogP contribution in [0.2, 0.25) is 5.02 Å². The van der Waals surface area contributed by atoms with Gasteiger partial charge in [-0.05, 0) is 36.8 Å². The van der Waals surface area contributed by atoms with Crippen LogP contribution in [0.25, 0.3) is 10.9 Å². The average Bonchev–Trinajstić information content (AvgIpc) is 2.38. The van der Waals surface area contributed by atoms with Crippen LogP contribution in [0.15, 0.2) is 41.6 Å². The van der Waals surface area contributed by atoms with Crippen LogP contribution in [0.1, 0.15) is 6.92 Å². The van der Waals surface area contributed by atoms with Gasteiger partial charge in [-0.3, -0.25) is 4.98 Å². The molecule has 4 heteroatoms. The Kier molecular flexibility index (Phi) is 3.87. The molecule has 0 saturated heterocycles. The summed E-state index contributed by atoms with van der Waals surface area (Å²) in [6.45, 7) is 2.66. The summed E-state index contributed by atoms with van der Waals surface area (Å²) in [5.41, 5.74) is 4.47. The molecule has 0 fully saturated rings. The van der Waals surface area contributed by atoms with Crippen LogP contribution in [-0.4, -0.2) is 11.5 Å². The number of nitrogens with one attached hydrogen (secondary N) is 1. The van der Waals surface area contributed by atoms with Gasteiger partial charge in [0.15, 0.2) is 0 Å². The fourth-order valence-corrected chi connectivity index (χ4v) is 1.85. The molecule has 0 amide bonds. The number of benzene rings is 1. The third-order valence-electron chi connectivity index (χ3n) is 2.46. The lowest BCUT2D eigenvalue weighted by Crippen LogP contribution is -2.03. The number of fused-ring (bicyclic) bond motifs is 1. The van der Waals surface area contributed by atoms with Gasteiger partial charge in [0.05, 0.1) is 16.2 Å². The van der Waals surface area contributed by atoms with Crippen molar-refractivity contribution < 1.29 is 0 Å². The van der Waals surface area contributed by atoms with Gasteiger partial charge in [-0.15, -0.1) is 0 Å². The third kappa shape index (κ3) is 2.71. The highest BCUT2D eigenvalue weighted by molar-refractivity contribution is 6.35. The van der Waals surface area contributed by atoms with E-state index in [-0.39, 0.29) is 0 Å². The summed E-state index contributed by atoms with van der Waals surface area (Å²) in [5, 5.41) is 4.95. The van der Waals surface area contributed by atoms with E-state index in [4.69, 9.17) is 23.2 Å². The zero-order valence-corrected chi connectivity index (χ0v) is 10.9. The molecule has 0 aliphatic carbocycles. The number of hydrogen-bond donors (Lipinski definition) is 1. The minimum Gasteiger partial charge on any atom is -0.380 e. The molecule has 0 spiro atoms. The van der Waals surface area contributed by atoms with E-state index in [1.54, 1.807) is 11.7 Å². The first-order valence-corrected chi connectivity index (χ1v) is 6.07. The Bertz CT molecular complexity index is 564. The smallest absolute Gasteiger partial charge is 0.0948 e. The van der Waals surface area contributed by atoms with Crippen LogP contribution < -0.4 is 5.32 Å². The van der Waals surface area contributed by atoms with Crippen LogP contribution in [0.4, 0.5) is 5.69 Å². The maximum absolute atomic E-state index is 6.12. The third-order valence-corrected chi connectivity index (χ3v) is 3.16. The van der Waals surface area contributed by atoms with Crippen molar-refractivity contribution in [2.24, 2.45) is 0 Å². The highest BCUT2D eigenvalue weighted by atomic mass is 35.5. The predicted octanol–water partition coefficient (Wildman–Crippen LogP) is 4.44. The zero-order chi connectivity index (χ0) is 12.3. The summed E-state index contributed by atoms with van der Waals surface area (Å²) in [6, 6.07) is 7.63. The van der Waals surface area contributed by atoms with E-state index < -0.39 is 0 Å². The largest absolute Gasteiger partial charge is 0.380 e. The molecule has 2 aromatic rings. The lowest BCUT2D eigenvalue weighted by atomic mass is 10.2. The normalized spacial score (nSPS) is 11.8. The van der Waals surface area contributed by atoms with Crippen LogP contribution >= 0.6 is 23.2 Å². The van der Waals surface area contributed by atoms with Crippen LogP contribution in [0, 0.1) is 0 Å². The van der Waals surface area contributed by atoms with E-state index in [9.17, 15) is 0 Å². The summed E-state index contributed by atoms with van der Waals surface area (Å²) >= 11 is 11.7. The quantitative estimate of drug-likeness (QED) is 0.889. The zero-order valence-electron chi connectivity index (χ0n) is 9.37. The minimum absolute atomic E-state index is 0.691. The second-order valence-electron chi connectivity index (χ2n) is 3.80. The fraction of sp³-hybridized carbons (Fsp3) is 0.154. The highest BCUT2D eigenvalue weighted by Crippen LogP contribution is 2.27. The molecule has 0 atom stereocenters. The summed E-state index contributed by atoms with van der Waals surface area (Å²) in [6.07, 6.45) is 1.76. The molecular weight excluding hydrogens is 255 g/mol. The standard InChI is InChI=1S/C13H12Cl2N2/c1-9(7-14)8-17-12-5-4-11(15)10-3-2-6-16-13(10)12/h2-7,17H,8H2,1H3/b9-7-. The van der Waals surface area contributed by atoms with Crippen LogP contribution in [-0.2, 0) is 0 Å². The van der Waals surface area contributed by atoms with Gasteiger partial charge in [0, 0.05) is 23.7 Å². The maximum atomic E-state index is 6.12. The molecule has 0 saturated carbocycles. The summed E-state index contributed by atoms with van der Waals surface area (Å²) in [4.78, 5) is 4.35. The van der Waals surface area contributed by atoms with Gasteiger partial charge < -0.3 is 5.32 Å². The van der Waals surface area contributed by atoms with Crippen molar-refractivity contribution in [1.29, 1.82) is 0 Å². The van der Waals surface area contributed by atoms with E-state index in [2.05, 4.69) is 10.3 Å². The van der Waals surface area contributed by atoms with Crippen LogP contribution in [0.3, 0.4) is 0 Å². The molecule has 17 heavy (non-hydrogen) atoms. The molecule has 1 heterocycles. The number of rotatable bonds is 3. The van der Waals surface area contributed by atoms with Crippen molar-refractivity contribution in [2.45, 2.75) is 6.92 Å². The average molecular weight is 267 g/mol. The molecule has 0 unspecified atom stereocenters. The lowest BCUT2D eigenvalue weighted by molar-refractivity contribution is 1.21. The molecule has 0 radical (unpaired) electrons.